The molecule has 0 spiro atoms. The quantitative estimate of drug-likeness (QED) is 0.232. The number of rotatable bonds is 8. The van der Waals surface area contributed by atoms with Crippen LogP contribution >= 0.6 is 23.2 Å². The van der Waals surface area contributed by atoms with Crippen molar-refractivity contribution < 1.29 is 24.0 Å². The Labute approximate surface area is 241 Å². The number of halogens is 2. The van der Waals surface area contributed by atoms with Crippen LogP contribution in [0.1, 0.15) is 65.4 Å². The zero-order valence-corrected chi connectivity index (χ0v) is 23.4. The number of carbonyl (C=O) groups excluding carboxylic acids is 1. The van der Waals surface area contributed by atoms with Crippen molar-refractivity contribution in [1.82, 2.24) is 5.16 Å². The molecule has 7 nitrogen and oxygen atoms in total. The third-order valence-corrected chi connectivity index (χ3v) is 8.21. The van der Waals surface area contributed by atoms with Crippen molar-refractivity contribution in [2.45, 2.75) is 51.2 Å². The fourth-order valence-corrected chi connectivity index (χ4v) is 5.83. The number of hydrogen-bond acceptors (Lipinski definition) is 5. The normalized spacial score (nSPS) is 15.8. The first-order valence-corrected chi connectivity index (χ1v) is 13.7. The number of benzene rings is 3. The molecule has 1 saturated carbocycles. The smallest absolute Gasteiger partial charge is 0.335 e. The van der Waals surface area contributed by atoms with Crippen LogP contribution in [0.2, 0.25) is 10.0 Å². The van der Waals surface area contributed by atoms with Crippen LogP contribution in [0.5, 0.6) is 5.75 Å². The van der Waals surface area contributed by atoms with Gasteiger partial charge in [-0.25, -0.2) is 4.79 Å². The predicted octanol–water partition coefficient (Wildman–Crippen LogP) is 7.63. The van der Waals surface area contributed by atoms with Gasteiger partial charge in [-0.05, 0) is 80.3 Å². The van der Waals surface area contributed by atoms with Gasteiger partial charge >= 0.3 is 5.97 Å². The fraction of sp³-hybridized carbons (Fsp3) is 0.258. The first-order chi connectivity index (χ1) is 19.1. The molecule has 4 aromatic rings. The van der Waals surface area contributed by atoms with Crippen LogP contribution in [0.15, 0.2) is 65.2 Å². The maximum Gasteiger partial charge on any atom is 0.335 e. The van der Waals surface area contributed by atoms with Crippen LogP contribution in [0.4, 0.5) is 5.69 Å². The van der Waals surface area contributed by atoms with Gasteiger partial charge in [0, 0.05) is 17.2 Å². The molecule has 3 aromatic carbocycles. The van der Waals surface area contributed by atoms with Gasteiger partial charge in [0.15, 0.2) is 0 Å². The molecule has 40 heavy (non-hydrogen) atoms. The lowest BCUT2D eigenvalue weighted by Crippen LogP contribution is -2.35. The van der Waals surface area contributed by atoms with E-state index in [1.165, 1.54) is 6.07 Å². The largest absolute Gasteiger partial charge is 0.489 e. The molecule has 9 heteroatoms. The Kier molecular flexibility index (Phi) is 6.59. The highest BCUT2D eigenvalue weighted by atomic mass is 35.5. The molecule has 2 aliphatic rings. The van der Waals surface area contributed by atoms with E-state index in [1.807, 2.05) is 38.1 Å². The van der Waals surface area contributed by atoms with Crippen LogP contribution in [-0.2, 0) is 23.4 Å². The number of amides is 1. The Hall–Kier alpha value is -3.81. The molecule has 1 aliphatic carbocycles. The van der Waals surface area contributed by atoms with Gasteiger partial charge in [0.05, 0.1) is 33.1 Å². The Bertz CT molecular complexity index is 1640. The minimum Gasteiger partial charge on any atom is -0.489 e. The summed E-state index contributed by atoms with van der Waals surface area (Å²) < 4.78 is 12.0. The molecule has 0 atom stereocenters. The first kappa shape index (κ1) is 26.4. The molecule has 1 N–H and O–H groups in total. The molecule has 6 rings (SSSR count). The molecule has 0 bridgehead atoms. The van der Waals surface area contributed by atoms with Gasteiger partial charge < -0.3 is 19.3 Å². The zero-order valence-electron chi connectivity index (χ0n) is 21.9. The maximum atomic E-state index is 13.5. The number of carboxylic acid groups (broad SMARTS) is 1. The second-order valence-electron chi connectivity index (χ2n) is 10.7. The van der Waals surface area contributed by atoms with Crippen LogP contribution < -0.4 is 9.64 Å². The highest BCUT2D eigenvalue weighted by molar-refractivity contribution is 6.39. The van der Waals surface area contributed by atoms with Crippen LogP contribution in [0, 0.1) is 0 Å². The summed E-state index contributed by atoms with van der Waals surface area (Å²) in [6, 6.07) is 17.6. The maximum absolute atomic E-state index is 13.5. The van der Waals surface area contributed by atoms with Crippen molar-refractivity contribution in [1.29, 1.82) is 0 Å². The minimum atomic E-state index is -1.00. The van der Waals surface area contributed by atoms with E-state index < -0.39 is 11.4 Å². The van der Waals surface area contributed by atoms with E-state index in [1.54, 1.807) is 35.2 Å². The number of aromatic nitrogens is 1. The molecule has 0 unspecified atom stereocenters. The first-order valence-electron chi connectivity index (χ1n) is 13.0. The van der Waals surface area contributed by atoms with Crippen molar-refractivity contribution >= 4 is 40.8 Å². The summed E-state index contributed by atoms with van der Waals surface area (Å²) in [6.45, 7) is 4.23. The second kappa shape index (κ2) is 9.98. The zero-order chi connectivity index (χ0) is 28.2. The van der Waals surface area contributed by atoms with Gasteiger partial charge in [-0.1, -0.05) is 46.6 Å². The van der Waals surface area contributed by atoms with E-state index in [0.717, 1.165) is 41.0 Å². The third-order valence-electron chi connectivity index (χ3n) is 7.58. The average molecular weight is 577 g/mol. The van der Waals surface area contributed by atoms with Gasteiger partial charge in [0.25, 0.3) is 0 Å². The molecule has 204 valence electrons. The average Bonchev–Trinajstić information content (AvgIpc) is 3.66. The fourth-order valence-electron chi connectivity index (χ4n) is 5.25. The van der Waals surface area contributed by atoms with Crippen molar-refractivity contribution in [3.05, 3.63) is 98.7 Å². The van der Waals surface area contributed by atoms with Gasteiger partial charge in [0.2, 0.25) is 5.91 Å². The van der Waals surface area contributed by atoms with E-state index in [-0.39, 0.29) is 24.6 Å². The summed E-state index contributed by atoms with van der Waals surface area (Å²) in [7, 11) is 0. The number of anilines is 1. The Morgan fingerprint density at radius 3 is 2.52 bits per heavy atom. The van der Waals surface area contributed by atoms with E-state index in [4.69, 9.17) is 32.5 Å². The van der Waals surface area contributed by atoms with E-state index >= 15 is 0 Å². The molecular weight excluding hydrogens is 551 g/mol. The Balaban J connectivity index is 1.29. The lowest BCUT2D eigenvalue weighted by Gasteiger charge is -2.20. The van der Waals surface area contributed by atoms with Gasteiger partial charge in [-0.15, -0.1) is 0 Å². The molecule has 1 aliphatic heterocycles. The predicted molar refractivity (Wildman–Crippen MR) is 152 cm³/mol. The topological polar surface area (TPSA) is 92.9 Å². The van der Waals surface area contributed by atoms with Crippen LogP contribution in [0.3, 0.4) is 0 Å². The summed E-state index contributed by atoms with van der Waals surface area (Å²) >= 11 is 13.0. The number of ether oxygens (including phenoxy) is 1. The van der Waals surface area contributed by atoms with Crippen molar-refractivity contribution in [2.24, 2.45) is 0 Å². The molecule has 0 saturated heterocycles. The molecule has 1 amide bonds. The summed E-state index contributed by atoms with van der Waals surface area (Å²) in [5.41, 5.74) is 3.75. The lowest BCUT2D eigenvalue weighted by atomic mass is 9.86. The Morgan fingerprint density at radius 2 is 1.82 bits per heavy atom. The Morgan fingerprint density at radius 1 is 1.10 bits per heavy atom. The molecule has 1 fully saturated rings. The third kappa shape index (κ3) is 4.63. The number of aromatic carboxylic acids is 1. The van der Waals surface area contributed by atoms with Gasteiger partial charge in [-0.3, -0.25) is 4.79 Å². The van der Waals surface area contributed by atoms with Gasteiger partial charge in [0.1, 0.15) is 23.8 Å². The van der Waals surface area contributed by atoms with Crippen molar-refractivity contribution in [3.8, 4) is 17.0 Å². The molecular formula is C31H26Cl2N2O5. The van der Waals surface area contributed by atoms with Crippen LogP contribution in [0.25, 0.3) is 11.3 Å². The number of nitrogens with zero attached hydrogens (tertiary/aromatic N) is 2. The molecule has 1 aromatic heterocycles. The number of fused-ring (bicyclic) bond motifs is 1. The monoisotopic (exact) mass is 576 g/mol. The summed E-state index contributed by atoms with van der Waals surface area (Å²) in [4.78, 5) is 26.6. The number of carboxylic acids is 1. The van der Waals surface area contributed by atoms with E-state index in [2.05, 4.69) is 5.16 Å². The van der Waals surface area contributed by atoms with E-state index in [0.29, 0.717) is 33.0 Å². The van der Waals surface area contributed by atoms with Crippen molar-refractivity contribution in [3.63, 3.8) is 0 Å². The highest BCUT2D eigenvalue weighted by Crippen LogP contribution is 2.47. The standard InChI is InChI=1S/C31H26Cl2N2O5/c1-31(2)22-14-20(11-12-25(22)35(30(31)38)15-17-5-3-6-19(13-17)29(36)37)39-16-21-27(34-40-28(21)18-9-10-18)26-23(32)7-4-8-24(26)33/h3-8,11-14,18H,9-10,15-16H2,1-2H3,(H,36,37). The summed E-state index contributed by atoms with van der Waals surface area (Å²) in [5, 5.41) is 14.6. The molecule has 0 radical (unpaired) electrons. The number of carbonyl (C=O) groups is 2. The van der Waals surface area contributed by atoms with E-state index in [9.17, 15) is 14.7 Å². The molecule has 2 heterocycles. The summed E-state index contributed by atoms with van der Waals surface area (Å²) in [6.07, 6.45) is 2.05. The minimum absolute atomic E-state index is 0.0638. The van der Waals surface area contributed by atoms with Gasteiger partial charge in [-0.2, -0.15) is 0 Å². The lowest BCUT2D eigenvalue weighted by molar-refractivity contribution is -0.122. The SMILES string of the molecule is CC1(C)C(=O)N(Cc2cccc(C(=O)O)c2)c2ccc(OCc3c(-c4c(Cl)cccc4Cl)noc3C3CC3)cc21. The second-order valence-corrected chi connectivity index (χ2v) is 11.5. The summed E-state index contributed by atoms with van der Waals surface area (Å²) in [5.74, 6) is 0.623. The van der Waals surface area contributed by atoms with Crippen LogP contribution in [-0.4, -0.2) is 22.1 Å². The van der Waals surface area contributed by atoms with Crippen molar-refractivity contribution in [2.75, 3.05) is 4.90 Å². The highest BCUT2D eigenvalue weighted by Gasteiger charge is 2.44. The number of hydrogen-bond donors (Lipinski definition) is 1.